The highest BCUT2D eigenvalue weighted by Crippen LogP contribution is 2.16. The lowest BCUT2D eigenvalue weighted by atomic mass is 10.0. The second-order valence-electron chi connectivity index (χ2n) is 3.62. The first-order valence-corrected chi connectivity index (χ1v) is 4.73. The molecule has 0 aromatic rings. The standard InChI is InChI=1S/C9H18FNO/c1-8-4-2-3-5-11(8)6-9(10)7-12/h8-9,12H,2-7H2,1H3. The van der Waals surface area contributed by atoms with Gasteiger partial charge >= 0.3 is 0 Å². The molecule has 1 aliphatic rings. The van der Waals surface area contributed by atoms with Crippen LogP contribution in [0.2, 0.25) is 0 Å². The summed E-state index contributed by atoms with van der Waals surface area (Å²) >= 11 is 0. The van der Waals surface area contributed by atoms with Crippen LogP contribution < -0.4 is 0 Å². The molecule has 1 fully saturated rings. The largest absolute Gasteiger partial charge is 0.393 e. The fraction of sp³-hybridized carbons (Fsp3) is 1.00. The third kappa shape index (κ3) is 2.72. The molecular formula is C9H18FNO. The van der Waals surface area contributed by atoms with Gasteiger partial charge in [0.1, 0.15) is 6.17 Å². The summed E-state index contributed by atoms with van der Waals surface area (Å²) in [4.78, 5) is 2.13. The molecule has 2 nitrogen and oxygen atoms in total. The van der Waals surface area contributed by atoms with Gasteiger partial charge in [-0.1, -0.05) is 6.42 Å². The number of likely N-dealkylation sites (tertiary alicyclic amines) is 1. The average Bonchev–Trinajstić information content (AvgIpc) is 2.09. The Kier molecular flexibility index (Phi) is 3.95. The molecule has 0 bridgehead atoms. The maximum Gasteiger partial charge on any atom is 0.136 e. The van der Waals surface area contributed by atoms with Crippen molar-refractivity contribution in [2.45, 2.75) is 38.4 Å². The Bertz CT molecular complexity index is 132. The monoisotopic (exact) mass is 175 g/mol. The molecule has 2 atom stereocenters. The maximum absolute atomic E-state index is 12.8. The van der Waals surface area contributed by atoms with Gasteiger partial charge in [-0.2, -0.15) is 0 Å². The highest BCUT2D eigenvalue weighted by molar-refractivity contribution is 4.75. The minimum atomic E-state index is -1.06. The van der Waals surface area contributed by atoms with Gasteiger partial charge in [0.15, 0.2) is 0 Å². The first-order chi connectivity index (χ1) is 5.74. The number of nitrogens with zero attached hydrogens (tertiary/aromatic N) is 1. The molecule has 0 spiro atoms. The Morgan fingerprint density at radius 1 is 1.58 bits per heavy atom. The molecule has 12 heavy (non-hydrogen) atoms. The summed E-state index contributed by atoms with van der Waals surface area (Å²) in [6.45, 7) is 3.17. The zero-order chi connectivity index (χ0) is 8.97. The Morgan fingerprint density at radius 2 is 2.33 bits per heavy atom. The van der Waals surface area contributed by atoms with Crippen molar-refractivity contribution < 1.29 is 9.50 Å². The Morgan fingerprint density at radius 3 is 2.92 bits per heavy atom. The summed E-state index contributed by atoms with van der Waals surface area (Å²) < 4.78 is 12.8. The van der Waals surface area contributed by atoms with Crippen LogP contribution in [0.4, 0.5) is 4.39 Å². The molecule has 0 aromatic carbocycles. The highest BCUT2D eigenvalue weighted by atomic mass is 19.1. The van der Waals surface area contributed by atoms with E-state index < -0.39 is 6.17 Å². The minimum Gasteiger partial charge on any atom is -0.393 e. The van der Waals surface area contributed by atoms with Crippen LogP contribution in [0.5, 0.6) is 0 Å². The number of piperidine rings is 1. The van der Waals surface area contributed by atoms with Crippen LogP contribution in [0.15, 0.2) is 0 Å². The Hall–Kier alpha value is -0.150. The zero-order valence-electron chi connectivity index (χ0n) is 7.67. The molecule has 0 amide bonds. The SMILES string of the molecule is CC1CCCCN1CC(F)CO. The first kappa shape index (κ1) is 9.93. The van der Waals surface area contributed by atoms with Crippen LogP contribution in [-0.2, 0) is 0 Å². The van der Waals surface area contributed by atoms with Gasteiger partial charge in [-0.3, -0.25) is 4.90 Å². The van der Waals surface area contributed by atoms with Crippen molar-refractivity contribution in [3.8, 4) is 0 Å². The lowest BCUT2D eigenvalue weighted by molar-refractivity contribution is 0.0868. The molecule has 0 radical (unpaired) electrons. The second-order valence-corrected chi connectivity index (χ2v) is 3.62. The number of hydrogen-bond donors (Lipinski definition) is 1. The number of aliphatic hydroxyl groups excluding tert-OH is 1. The van der Waals surface area contributed by atoms with E-state index in [0.717, 1.165) is 13.0 Å². The predicted octanol–water partition coefficient (Wildman–Crippen LogP) is 1.19. The normalized spacial score (nSPS) is 28.8. The van der Waals surface area contributed by atoms with Crippen LogP contribution in [-0.4, -0.2) is 41.9 Å². The first-order valence-electron chi connectivity index (χ1n) is 4.73. The second kappa shape index (κ2) is 4.77. The van der Waals surface area contributed by atoms with Crippen molar-refractivity contribution in [2.75, 3.05) is 19.7 Å². The molecule has 2 unspecified atom stereocenters. The van der Waals surface area contributed by atoms with Crippen LogP contribution in [0, 0.1) is 0 Å². The van der Waals surface area contributed by atoms with Crippen LogP contribution >= 0.6 is 0 Å². The summed E-state index contributed by atoms with van der Waals surface area (Å²) in [6, 6.07) is 0.489. The zero-order valence-corrected chi connectivity index (χ0v) is 7.67. The predicted molar refractivity (Wildman–Crippen MR) is 46.9 cm³/mol. The average molecular weight is 175 g/mol. The van der Waals surface area contributed by atoms with Gasteiger partial charge in [0.05, 0.1) is 6.61 Å². The summed E-state index contributed by atoms with van der Waals surface area (Å²) in [5, 5.41) is 8.55. The number of alkyl halides is 1. The van der Waals surface area contributed by atoms with Crippen molar-refractivity contribution >= 4 is 0 Å². The van der Waals surface area contributed by atoms with Crippen molar-refractivity contribution in [2.24, 2.45) is 0 Å². The maximum atomic E-state index is 12.8. The quantitative estimate of drug-likeness (QED) is 0.696. The van der Waals surface area contributed by atoms with E-state index in [1.807, 2.05) is 0 Å². The third-order valence-corrected chi connectivity index (χ3v) is 2.57. The Labute approximate surface area is 73.4 Å². The molecule has 0 aliphatic carbocycles. The molecule has 0 aromatic heterocycles. The molecule has 72 valence electrons. The fourth-order valence-corrected chi connectivity index (χ4v) is 1.74. The van der Waals surface area contributed by atoms with E-state index >= 15 is 0 Å². The lowest BCUT2D eigenvalue weighted by Crippen LogP contribution is -2.41. The number of hydrogen-bond acceptors (Lipinski definition) is 2. The van der Waals surface area contributed by atoms with E-state index in [0.29, 0.717) is 12.6 Å². The number of rotatable bonds is 3. The van der Waals surface area contributed by atoms with Crippen molar-refractivity contribution in [3.05, 3.63) is 0 Å². The molecule has 1 heterocycles. The summed E-state index contributed by atoms with van der Waals surface area (Å²) in [5.41, 5.74) is 0. The van der Waals surface area contributed by atoms with Crippen LogP contribution in [0.1, 0.15) is 26.2 Å². The minimum absolute atomic E-state index is 0.344. The van der Waals surface area contributed by atoms with E-state index in [1.165, 1.54) is 12.8 Å². The molecule has 3 heteroatoms. The van der Waals surface area contributed by atoms with Crippen molar-refractivity contribution in [1.29, 1.82) is 0 Å². The van der Waals surface area contributed by atoms with E-state index in [4.69, 9.17) is 5.11 Å². The third-order valence-electron chi connectivity index (χ3n) is 2.57. The van der Waals surface area contributed by atoms with Gasteiger partial charge in [0.2, 0.25) is 0 Å². The summed E-state index contributed by atoms with van der Waals surface area (Å²) in [7, 11) is 0. The Balaban J connectivity index is 2.28. The van der Waals surface area contributed by atoms with Gasteiger partial charge < -0.3 is 5.11 Å². The van der Waals surface area contributed by atoms with Crippen molar-refractivity contribution in [1.82, 2.24) is 4.90 Å². The topological polar surface area (TPSA) is 23.5 Å². The lowest BCUT2D eigenvalue weighted by Gasteiger charge is -2.33. The molecule has 0 saturated carbocycles. The summed E-state index contributed by atoms with van der Waals surface area (Å²) in [6.07, 6.45) is 2.53. The van der Waals surface area contributed by atoms with E-state index in [-0.39, 0.29) is 6.61 Å². The molecule has 1 saturated heterocycles. The van der Waals surface area contributed by atoms with Gasteiger partial charge in [-0.05, 0) is 26.3 Å². The van der Waals surface area contributed by atoms with E-state index in [2.05, 4.69) is 11.8 Å². The van der Waals surface area contributed by atoms with Crippen LogP contribution in [0.25, 0.3) is 0 Å². The van der Waals surface area contributed by atoms with Gasteiger partial charge in [-0.25, -0.2) is 4.39 Å². The number of aliphatic hydroxyl groups is 1. The summed E-state index contributed by atoms with van der Waals surface area (Å²) in [5.74, 6) is 0. The van der Waals surface area contributed by atoms with Gasteiger partial charge in [0, 0.05) is 12.6 Å². The fourth-order valence-electron chi connectivity index (χ4n) is 1.74. The molecule has 1 N–H and O–H groups in total. The molecule has 1 rings (SSSR count). The van der Waals surface area contributed by atoms with Gasteiger partial charge in [-0.15, -0.1) is 0 Å². The highest BCUT2D eigenvalue weighted by Gasteiger charge is 2.20. The van der Waals surface area contributed by atoms with E-state index in [1.54, 1.807) is 0 Å². The van der Waals surface area contributed by atoms with Crippen molar-refractivity contribution in [3.63, 3.8) is 0 Å². The molecule has 1 aliphatic heterocycles. The van der Waals surface area contributed by atoms with Crippen LogP contribution in [0.3, 0.4) is 0 Å². The van der Waals surface area contributed by atoms with E-state index in [9.17, 15) is 4.39 Å². The van der Waals surface area contributed by atoms with Gasteiger partial charge in [0.25, 0.3) is 0 Å². The molecular weight excluding hydrogens is 157 g/mol. The smallest absolute Gasteiger partial charge is 0.136 e. The number of halogens is 1.